The van der Waals surface area contributed by atoms with Crippen LogP contribution in [0.1, 0.15) is 35.4 Å². The SMILES string of the molecule is CCC(NC(=O)c1cncc(NC)n1)c1ccccc1. The zero-order chi connectivity index (χ0) is 14.4. The third kappa shape index (κ3) is 3.32. The van der Waals surface area contributed by atoms with E-state index in [0.717, 1.165) is 12.0 Å². The summed E-state index contributed by atoms with van der Waals surface area (Å²) in [6.07, 6.45) is 3.86. The van der Waals surface area contributed by atoms with Crippen LogP contribution >= 0.6 is 0 Å². The molecule has 0 aliphatic carbocycles. The second-order valence-electron chi connectivity index (χ2n) is 4.38. The number of nitrogens with one attached hydrogen (secondary N) is 2. The van der Waals surface area contributed by atoms with E-state index in [9.17, 15) is 4.79 Å². The van der Waals surface area contributed by atoms with E-state index >= 15 is 0 Å². The van der Waals surface area contributed by atoms with Gasteiger partial charge in [0.05, 0.1) is 18.4 Å². The number of aromatic nitrogens is 2. The molecule has 1 atom stereocenters. The van der Waals surface area contributed by atoms with Gasteiger partial charge in [-0.15, -0.1) is 0 Å². The molecule has 5 heteroatoms. The van der Waals surface area contributed by atoms with Crippen LogP contribution in [0.15, 0.2) is 42.7 Å². The van der Waals surface area contributed by atoms with Gasteiger partial charge in [-0.05, 0) is 12.0 Å². The van der Waals surface area contributed by atoms with Crippen LogP contribution in [0, 0.1) is 0 Å². The monoisotopic (exact) mass is 270 g/mol. The van der Waals surface area contributed by atoms with Crippen molar-refractivity contribution >= 4 is 11.7 Å². The lowest BCUT2D eigenvalue weighted by atomic mass is 10.0. The largest absolute Gasteiger partial charge is 0.372 e. The van der Waals surface area contributed by atoms with Crippen LogP contribution in [-0.2, 0) is 0 Å². The molecular weight excluding hydrogens is 252 g/mol. The summed E-state index contributed by atoms with van der Waals surface area (Å²) in [6.45, 7) is 2.04. The topological polar surface area (TPSA) is 66.9 Å². The van der Waals surface area contributed by atoms with Crippen molar-refractivity contribution in [3.05, 3.63) is 54.0 Å². The van der Waals surface area contributed by atoms with E-state index in [1.165, 1.54) is 6.20 Å². The number of hydrogen-bond donors (Lipinski definition) is 2. The normalized spacial score (nSPS) is 11.7. The number of rotatable bonds is 5. The Morgan fingerprint density at radius 2 is 2.00 bits per heavy atom. The van der Waals surface area contributed by atoms with Crippen molar-refractivity contribution < 1.29 is 4.79 Å². The molecule has 0 fully saturated rings. The highest BCUT2D eigenvalue weighted by atomic mass is 16.1. The summed E-state index contributed by atoms with van der Waals surface area (Å²) in [7, 11) is 1.74. The molecule has 1 aromatic heterocycles. The minimum atomic E-state index is -0.217. The highest BCUT2D eigenvalue weighted by Gasteiger charge is 2.15. The van der Waals surface area contributed by atoms with Gasteiger partial charge < -0.3 is 10.6 Å². The fraction of sp³-hybridized carbons (Fsp3) is 0.267. The van der Waals surface area contributed by atoms with Gasteiger partial charge in [0.2, 0.25) is 0 Å². The molecule has 1 amide bonds. The lowest BCUT2D eigenvalue weighted by Gasteiger charge is -2.17. The van der Waals surface area contributed by atoms with Crippen LogP contribution in [0.2, 0.25) is 0 Å². The number of anilines is 1. The Hall–Kier alpha value is -2.43. The van der Waals surface area contributed by atoms with Crippen LogP contribution in [0.5, 0.6) is 0 Å². The zero-order valence-corrected chi connectivity index (χ0v) is 11.6. The number of hydrogen-bond acceptors (Lipinski definition) is 4. The predicted molar refractivity (Wildman–Crippen MR) is 78.5 cm³/mol. The van der Waals surface area contributed by atoms with E-state index in [2.05, 4.69) is 20.6 Å². The number of benzene rings is 1. The molecule has 2 aromatic rings. The van der Waals surface area contributed by atoms with E-state index in [1.54, 1.807) is 13.2 Å². The molecule has 0 radical (unpaired) electrons. The number of carbonyl (C=O) groups excluding carboxylic acids is 1. The van der Waals surface area contributed by atoms with Crippen molar-refractivity contribution in [1.29, 1.82) is 0 Å². The Morgan fingerprint density at radius 3 is 2.65 bits per heavy atom. The molecule has 0 aliphatic rings. The molecule has 0 bridgehead atoms. The molecule has 2 rings (SSSR count). The van der Waals surface area contributed by atoms with Crippen LogP contribution in [0.4, 0.5) is 5.82 Å². The average molecular weight is 270 g/mol. The van der Waals surface area contributed by atoms with Crippen molar-refractivity contribution in [2.75, 3.05) is 12.4 Å². The smallest absolute Gasteiger partial charge is 0.272 e. The zero-order valence-electron chi connectivity index (χ0n) is 11.6. The first-order valence-electron chi connectivity index (χ1n) is 6.60. The van der Waals surface area contributed by atoms with Crippen LogP contribution in [0.25, 0.3) is 0 Å². The molecule has 1 unspecified atom stereocenters. The van der Waals surface area contributed by atoms with Crippen molar-refractivity contribution in [1.82, 2.24) is 15.3 Å². The lowest BCUT2D eigenvalue weighted by Crippen LogP contribution is -2.29. The predicted octanol–water partition coefficient (Wildman–Crippen LogP) is 2.40. The van der Waals surface area contributed by atoms with E-state index in [-0.39, 0.29) is 11.9 Å². The highest BCUT2D eigenvalue weighted by Crippen LogP contribution is 2.16. The molecule has 1 aromatic carbocycles. The molecule has 20 heavy (non-hydrogen) atoms. The summed E-state index contributed by atoms with van der Waals surface area (Å²) in [6, 6.07) is 9.87. The minimum Gasteiger partial charge on any atom is -0.372 e. The summed E-state index contributed by atoms with van der Waals surface area (Å²) < 4.78 is 0. The quantitative estimate of drug-likeness (QED) is 0.875. The van der Waals surface area contributed by atoms with Crippen molar-refractivity contribution in [2.45, 2.75) is 19.4 Å². The van der Waals surface area contributed by atoms with Crippen LogP contribution in [-0.4, -0.2) is 22.9 Å². The van der Waals surface area contributed by atoms with Crippen LogP contribution in [0.3, 0.4) is 0 Å². The fourth-order valence-corrected chi connectivity index (χ4v) is 1.93. The van der Waals surface area contributed by atoms with E-state index in [0.29, 0.717) is 11.5 Å². The molecule has 2 N–H and O–H groups in total. The molecule has 5 nitrogen and oxygen atoms in total. The Balaban J connectivity index is 2.13. The molecule has 104 valence electrons. The van der Waals surface area contributed by atoms with Gasteiger partial charge in [-0.2, -0.15) is 0 Å². The average Bonchev–Trinajstić information content (AvgIpc) is 2.53. The summed E-state index contributed by atoms with van der Waals surface area (Å²) in [5.41, 5.74) is 1.40. The molecular formula is C15H18N4O. The minimum absolute atomic E-state index is 0.0243. The summed E-state index contributed by atoms with van der Waals surface area (Å²) >= 11 is 0. The second kappa shape index (κ2) is 6.65. The number of carbonyl (C=O) groups is 1. The number of nitrogens with zero attached hydrogens (tertiary/aromatic N) is 2. The molecule has 0 saturated heterocycles. The fourth-order valence-electron chi connectivity index (χ4n) is 1.93. The van der Waals surface area contributed by atoms with Gasteiger partial charge >= 0.3 is 0 Å². The van der Waals surface area contributed by atoms with Gasteiger partial charge in [0.15, 0.2) is 0 Å². The Labute approximate surface area is 118 Å². The van der Waals surface area contributed by atoms with Gasteiger partial charge in [0, 0.05) is 7.05 Å². The number of amides is 1. The Morgan fingerprint density at radius 1 is 1.25 bits per heavy atom. The molecule has 0 spiro atoms. The first-order chi connectivity index (χ1) is 9.74. The van der Waals surface area contributed by atoms with E-state index in [1.807, 2.05) is 37.3 Å². The van der Waals surface area contributed by atoms with Gasteiger partial charge in [-0.25, -0.2) is 4.98 Å². The van der Waals surface area contributed by atoms with Crippen molar-refractivity contribution in [3.8, 4) is 0 Å². The highest BCUT2D eigenvalue weighted by molar-refractivity contribution is 5.92. The molecule has 0 aliphatic heterocycles. The van der Waals surface area contributed by atoms with Gasteiger partial charge in [-0.1, -0.05) is 37.3 Å². The van der Waals surface area contributed by atoms with Crippen LogP contribution < -0.4 is 10.6 Å². The Bertz CT molecular complexity index is 571. The maximum atomic E-state index is 12.2. The lowest BCUT2D eigenvalue weighted by molar-refractivity contribution is 0.0930. The van der Waals surface area contributed by atoms with Crippen molar-refractivity contribution in [3.63, 3.8) is 0 Å². The van der Waals surface area contributed by atoms with Gasteiger partial charge in [-0.3, -0.25) is 9.78 Å². The third-order valence-corrected chi connectivity index (χ3v) is 3.04. The van der Waals surface area contributed by atoms with E-state index in [4.69, 9.17) is 0 Å². The summed E-state index contributed by atoms with van der Waals surface area (Å²) in [5, 5.41) is 5.85. The molecule has 1 heterocycles. The summed E-state index contributed by atoms with van der Waals surface area (Å²) in [5.74, 6) is 0.357. The Kier molecular flexibility index (Phi) is 4.65. The van der Waals surface area contributed by atoms with Gasteiger partial charge in [0.1, 0.15) is 11.5 Å². The van der Waals surface area contributed by atoms with Gasteiger partial charge in [0.25, 0.3) is 5.91 Å². The maximum absolute atomic E-state index is 12.2. The first kappa shape index (κ1) is 14.0. The summed E-state index contributed by atoms with van der Waals surface area (Å²) in [4.78, 5) is 20.4. The van der Waals surface area contributed by atoms with E-state index < -0.39 is 0 Å². The maximum Gasteiger partial charge on any atom is 0.272 e. The third-order valence-electron chi connectivity index (χ3n) is 3.04. The standard InChI is InChI=1S/C15H18N4O/c1-3-12(11-7-5-4-6-8-11)19-15(20)13-9-17-10-14(16-2)18-13/h4-10,12H,3H2,1-2H3,(H,16,18)(H,19,20). The second-order valence-corrected chi connectivity index (χ2v) is 4.38. The van der Waals surface area contributed by atoms with Crippen molar-refractivity contribution in [2.24, 2.45) is 0 Å². The molecule has 0 saturated carbocycles. The first-order valence-corrected chi connectivity index (χ1v) is 6.60.